The predicted octanol–water partition coefficient (Wildman–Crippen LogP) is 3.00. The van der Waals surface area contributed by atoms with E-state index >= 15 is 0 Å². The molecule has 5 rings (SSSR count). The molecule has 3 heterocycles. The van der Waals surface area contributed by atoms with Crippen molar-refractivity contribution in [1.29, 1.82) is 0 Å². The van der Waals surface area contributed by atoms with Crippen molar-refractivity contribution in [2.75, 3.05) is 52.5 Å². The summed E-state index contributed by atoms with van der Waals surface area (Å²) in [5, 5.41) is 0. The lowest BCUT2D eigenvalue weighted by atomic mass is 10.1. The van der Waals surface area contributed by atoms with E-state index in [2.05, 4.69) is 9.80 Å². The fraction of sp³-hybridized carbons (Fsp3) is 0.455. The van der Waals surface area contributed by atoms with E-state index in [4.69, 9.17) is 9.47 Å². The number of benzene rings is 2. The van der Waals surface area contributed by atoms with Gasteiger partial charge >= 0.3 is 0 Å². The quantitative estimate of drug-likeness (QED) is 0.584. The Balaban J connectivity index is 1.25. The normalized spacial score (nSPS) is 18.9. The van der Waals surface area contributed by atoms with Crippen LogP contribution in [0.5, 0.6) is 11.5 Å². The summed E-state index contributed by atoms with van der Waals surface area (Å²) < 4.78 is 24.8. The largest absolute Gasteiger partial charge is 0.492 e. The van der Waals surface area contributed by atoms with Gasteiger partial charge in [0, 0.05) is 13.1 Å². The Hall–Kier alpha value is -1.89. The zero-order chi connectivity index (χ0) is 18.9. The van der Waals surface area contributed by atoms with Crippen LogP contribution >= 0.6 is 0 Å². The van der Waals surface area contributed by atoms with Gasteiger partial charge < -0.3 is 9.47 Å². The van der Waals surface area contributed by atoms with E-state index < -0.39 is 10.8 Å². The highest BCUT2D eigenvalue weighted by molar-refractivity contribution is 7.85. The number of rotatable bonds is 8. The summed E-state index contributed by atoms with van der Waals surface area (Å²) in [5.41, 5.74) is 2.08. The monoisotopic (exact) mass is 398 g/mol. The van der Waals surface area contributed by atoms with Gasteiger partial charge in [-0.05, 0) is 86.5 Å². The van der Waals surface area contributed by atoms with Gasteiger partial charge in [-0.25, -0.2) is 4.21 Å². The van der Waals surface area contributed by atoms with E-state index in [1.165, 1.54) is 39.0 Å². The number of fused-ring (bicyclic) bond motifs is 3. The first-order chi connectivity index (χ1) is 13.8. The molecule has 2 fully saturated rings. The lowest BCUT2D eigenvalue weighted by Gasteiger charge is -2.30. The number of ether oxygens (including phenoxy) is 2. The molecule has 0 atom stereocenters. The molecule has 148 valence electrons. The zero-order valence-corrected chi connectivity index (χ0v) is 16.9. The van der Waals surface area contributed by atoms with Gasteiger partial charge in [0.05, 0.1) is 20.6 Å². The van der Waals surface area contributed by atoms with Crippen LogP contribution in [-0.4, -0.2) is 66.5 Å². The summed E-state index contributed by atoms with van der Waals surface area (Å²) in [6.07, 6.45) is 2.58. The number of hydrogen-bond donors (Lipinski definition) is 0. The van der Waals surface area contributed by atoms with E-state index in [9.17, 15) is 4.21 Å². The highest BCUT2D eigenvalue weighted by Gasteiger charge is 2.27. The van der Waals surface area contributed by atoms with Crippen LogP contribution in [0.15, 0.2) is 46.2 Å². The molecule has 0 aromatic heterocycles. The third-order valence-corrected chi connectivity index (χ3v) is 7.32. The van der Waals surface area contributed by atoms with Crippen LogP contribution in [0.4, 0.5) is 0 Å². The molecule has 0 unspecified atom stereocenters. The fourth-order valence-corrected chi connectivity index (χ4v) is 5.29. The number of hydrogen-bond acceptors (Lipinski definition) is 5. The van der Waals surface area contributed by atoms with Gasteiger partial charge in [-0.1, -0.05) is 0 Å². The van der Waals surface area contributed by atoms with E-state index in [1.807, 2.05) is 36.4 Å². The number of nitrogens with zero attached hydrogens (tertiary/aromatic N) is 2. The molecule has 0 saturated carbocycles. The minimum Gasteiger partial charge on any atom is -0.492 e. The molecule has 0 radical (unpaired) electrons. The van der Waals surface area contributed by atoms with Crippen molar-refractivity contribution >= 4 is 10.8 Å². The maximum Gasteiger partial charge on any atom is 0.120 e. The third kappa shape index (κ3) is 3.56. The SMILES string of the molecule is O=S1c2cc(OCCN3CCC3)ccc2-c2ccc(OCCN3CCC3)cc21. The Kier molecular flexibility index (Phi) is 5.09. The summed E-state index contributed by atoms with van der Waals surface area (Å²) in [4.78, 5) is 6.44. The molecule has 6 heteroatoms. The van der Waals surface area contributed by atoms with Crippen molar-refractivity contribution in [3.05, 3.63) is 36.4 Å². The first kappa shape index (κ1) is 18.2. The molecule has 2 aromatic rings. The van der Waals surface area contributed by atoms with Gasteiger partial charge in [-0.2, -0.15) is 0 Å². The van der Waals surface area contributed by atoms with Gasteiger partial charge in [0.15, 0.2) is 0 Å². The van der Waals surface area contributed by atoms with Crippen LogP contribution < -0.4 is 9.47 Å². The second kappa shape index (κ2) is 7.85. The second-order valence-electron chi connectivity index (χ2n) is 7.67. The van der Waals surface area contributed by atoms with Gasteiger partial charge in [-0.15, -0.1) is 0 Å². The van der Waals surface area contributed by atoms with E-state index in [-0.39, 0.29) is 0 Å². The molecule has 2 saturated heterocycles. The minimum absolute atomic E-state index is 0.674. The van der Waals surface area contributed by atoms with Crippen molar-refractivity contribution < 1.29 is 13.7 Å². The van der Waals surface area contributed by atoms with Crippen molar-refractivity contribution in [2.24, 2.45) is 0 Å². The summed E-state index contributed by atoms with van der Waals surface area (Å²) >= 11 is 0. The Labute approximate surface area is 168 Å². The Bertz CT molecular complexity index is 822. The maximum absolute atomic E-state index is 13.1. The zero-order valence-electron chi connectivity index (χ0n) is 16.1. The van der Waals surface area contributed by atoms with Gasteiger partial charge in [-0.3, -0.25) is 9.80 Å². The minimum atomic E-state index is -1.18. The van der Waals surface area contributed by atoms with Crippen molar-refractivity contribution in [1.82, 2.24) is 9.80 Å². The molecular formula is C22H26N2O3S. The molecule has 3 aliphatic rings. The molecular weight excluding hydrogens is 372 g/mol. The molecule has 2 aromatic carbocycles. The van der Waals surface area contributed by atoms with Gasteiger partial charge in [0.2, 0.25) is 0 Å². The molecule has 0 spiro atoms. The predicted molar refractivity (Wildman–Crippen MR) is 110 cm³/mol. The average molecular weight is 399 g/mol. The summed E-state index contributed by atoms with van der Waals surface area (Å²) in [7, 11) is -1.18. The second-order valence-corrected chi connectivity index (χ2v) is 9.09. The lowest BCUT2D eigenvalue weighted by molar-refractivity contribution is 0.147. The molecule has 0 amide bonds. The van der Waals surface area contributed by atoms with Crippen LogP contribution in [0.2, 0.25) is 0 Å². The first-order valence-electron chi connectivity index (χ1n) is 10.2. The Morgan fingerprint density at radius 3 is 1.61 bits per heavy atom. The number of likely N-dealkylation sites (tertiary alicyclic amines) is 2. The van der Waals surface area contributed by atoms with Crippen molar-refractivity contribution in [3.63, 3.8) is 0 Å². The molecule has 3 aliphatic heterocycles. The highest BCUT2D eigenvalue weighted by Crippen LogP contribution is 2.43. The highest BCUT2D eigenvalue weighted by atomic mass is 32.2. The van der Waals surface area contributed by atoms with E-state index in [1.54, 1.807) is 0 Å². The van der Waals surface area contributed by atoms with Crippen molar-refractivity contribution in [2.45, 2.75) is 22.6 Å². The fourth-order valence-electron chi connectivity index (χ4n) is 3.85. The van der Waals surface area contributed by atoms with Crippen molar-refractivity contribution in [3.8, 4) is 22.6 Å². The van der Waals surface area contributed by atoms with Crippen LogP contribution in [0, 0.1) is 0 Å². The lowest BCUT2D eigenvalue weighted by Crippen LogP contribution is -2.39. The summed E-state index contributed by atoms with van der Waals surface area (Å²) in [5.74, 6) is 1.60. The molecule has 28 heavy (non-hydrogen) atoms. The van der Waals surface area contributed by atoms with Crippen LogP contribution in [-0.2, 0) is 10.8 Å². The molecule has 0 N–H and O–H groups in total. The van der Waals surface area contributed by atoms with Gasteiger partial charge in [0.25, 0.3) is 0 Å². The first-order valence-corrected chi connectivity index (χ1v) is 11.3. The van der Waals surface area contributed by atoms with E-state index in [0.717, 1.165) is 45.5 Å². The maximum atomic E-state index is 13.1. The summed E-state index contributed by atoms with van der Waals surface area (Å²) in [6, 6.07) is 11.9. The Morgan fingerprint density at radius 1 is 0.750 bits per heavy atom. The van der Waals surface area contributed by atoms with Crippen LogP contribution in [0.25, 0.3) is 11.1 Å². The van der Waals surface area contributed by atoms with Crippen LogP contribution in [0.1, 0.15) is 12.8 Å². The topological polar surface area (TPSA) is 42.0 Å². The third-order valence-electron chi connectivity index (χ3n) is 5.85. The van der Waals surface area contributed by atoms with Crippen LogP contribution in [0.3, 0.4) is 0 Å². The van der Waals surface area contributed by atoms with E-state index in [0.29, 0.717) is 13.2 Å². The summed E-state index contributed by atoms with van der Waals surface area (Å²) in [6.45, 7) is 7.97. The van der Waals surface area contributed by atoms with Gasteiger partial charge in [0.1, 0.15) is 24.7 Å². The smallest absolute Gasteiger partial charge is 0.120 e. The molecule has 0 bridgehead atoms. The molecule has 5 nitrogen and oxygen atoms in total. The standard InChI is InChI=1S/C22H26N2O3S/c25-28-21-15-17(26-13-11-23-7-1-8-23)3-5-19(21)20-6-4-18(16-22(20)28)27-14-12-24-9-2-10-24/h3-6,15-16H,1-2,7-14H2. The molecule has 0 aliphatic carbocycles. The Morgan fingerprint density at radius 2 is 1.21 bits per heavy atom. The average Bonchev–Trinajstić information content (AvgIpc) is 2.91.